The van der Waals surface area contributed by atoms with Crippen molar-refractivity contribution >= 4 is 15.5 Å². The second kappa shape index (κ2) is 10.2. The molecule has 1 aromatic carbocycles. The topological polar surface area (TPSA) is 88.8 Å². The average molecular weight is 490 g/mol. The van der Waals surface area contributed by atoms with E-state index in [9.17, 15) is 13.6 Å². The lowest BCUT2D eigenvalue weighted by Gasteiger charge is -2.19. The van der Waals surface area contributed by atoms with Crippen molar-refractivity contribution in [3.8, 4) is 11.6 Å². The first kappa shape index (κ1) is 24.3. The molecule has 1 amide bonds. The third-order valence-corrected chi connectivity index (χ3v) is 8.51. The minimum Gasteiger partial charge on any atom is -0.438 e. The van der Waals surface area contributed by atoms with Gasteiger partial charge in [0.15, 0.2) is 0 Å². The number of carbonyl (C=O) groups excluding carboxylic acids is 1. The molecular weight excluding hydrogens is 460 g/mol. The van der Waals surface area contributed by atoms with Crippen LogP contribution in [0.4, 0.5) is 8.78 Å². The Morgan fingerprint density at radius 2 is 2.06 bits per heavy atom. The standard InChI is InChI=1S/C24H29F2N5O2S/c1-24(25,26)23-28-16-19(22(31-23)33-18-8-4-3-5-9-18)21(32)30-20(17-10-11-17)12-15-34(27-2)14-7-6-13-29-34/h3-5,8-9,12,15-17,20H,6-7,10-11,13-14H2,1-2H3,(H,30,32)/b15-12+. The average Bonchev–Trinajstić information content (AvgIpc) is 3.68. The lowest BCUT2D eigenvalue weighted by Crippen LogP contribution is -2.35. The SMILES string of the molecule is CN=S1(/C=C/C(NC(=O)c2cnc(C(C)(F)F)nc2Oc2ccccc2)C2CC2)=NCCCC1. The molecule has 2 atom stereocenters. The maximum Gasteiger partial charge on any atom is 0.303 e. The predicted octanol–water partition coefficient (Wildman–Crippen LogP) is 5.35. The molecule has 1 N–H and O–H groups in total. The summed E-state index contributed by atoms with van der Waals surface area (Å²) in [5, 5.41) is 5.08. The van der Waals surface area contributed by atoms with Gasteiger partial charge in [-0.2, -0.15) is 13.8 Å². The van der Waals surface area contributed by atoms with Gasteiger partial charge in [0, 0.05) is 32.5 Å². The second-order valence-corrected chi connectivity index (χ2v) is 11.3. The number of hydrogen-bond donors (Lipinski definition) is 1. The Morgan fingerprint density at radius 3 is 2.68 bits per heavy atom. The highest BCUT2D eigenvalue weighted by atomic mass is 32.2. The summed E-state index contributed by atoms with van der Waals surface area (Å²) < 4.78 is 42.8. The lowest BCUT2D eigenvalue weighted by molar-refractivity contribution is 0.00707. The van der Waals surface area contributed by atoms with Gasteiger partial charge in [-0.05, 0) is 58.8 Å². The van der Waals surface area contributed by atoms with Gasteiger partial charge < -0.3 is 10.1 Å². The van der Waals surface area contributed by atoms with Gasteiger partial charge >= 0.3 is 5.92 Å². The fourth-order valence-corrected chi connectivity index (χ4v) is 5.93. The number of hydrogen-bond acceptors (Lipinski definition) is 6. The molecule has 1 fully saturated rings. The molecule has 0 saturated heterocycles. The summed E-state index contributed by atoms with van der Waals surface area (Å²) in [5.74, 6) is -3.03. The van der Waals surface area contributed by atoms with Crippen molar-refractivity contribution in [2.75, 3.05) is 19.3 Å². The maximum atomic E-state index is 13.9. The highest BCUT2D eigenvalue weighted by Crippen LogP contribution is 2.34. The highest BCUT2D eigenvalue weighted by Gasteiger charge is 2.34. The summed E-state index contributed by atoms with van der Waals surface area (Å²) in [6, 6.07) is 8.39. The Bertz CT molecular complexity index is 1180. The van der Waals surface area contributed by atoms with Crippen LogP contribution in [0.5, 0.6) is 11.6 Å². The molecule has 0 radical (unpaired) electrons. The summed E-state index contributed by atoms with van der Waals surface area (Å²) in [4.78, 5) is 20.8. The smallest absolute Gasteiger partial charge is 0.303 e. The molecular formula is C24H29F2N5O2S. The first-order valence-electron chi connectivity index (χ1n) is 11.4. The number of aromatic nitrogens is 2. The van der Waals surface area contributed by atoms with Crippen LogP contribution in [0.3, 0.4) is 0 Å². The fourth-order valence-electron chi connectivity index (χ4n) is 3.66. The Hall–Kier alpha value is -2.88. The molecule has 1 saturated carbocycles. The van der Waals surface area contributed by atoms with Crippen LogP contribution < -0.4 is 10.1 Å². The Labute approximate surface area is 198 Å². The van der Waals surface area contributed by atoms with Crippen LogP contribution in [0.1, 0.15) is 48.8 Å². The van der Waals surface area contributed by atoms with E-state index in [0.29, 0.717) is 18.6 Å². The quantitative estimate of drug-likeness (QED) is 0.542. The molecule has 0 bridgehead atoms. The molecule has 2 unspecified atom stereocenters. The van der Waals surface area contributed by atoms with Gasteiger partial charge in [-0.25, -0.2) is 4.98 Å². The fraction of sp³-hybridized carbons (Fsp3) is 0.458. The number of benzene rings is 1. The van der Waals surface area contributed by atoms with E-state index in [1.54, 1.807) is 37.4 Å². The van der Waals surface area contributed by atoms with Crippen LogP contribution in [-0.2, 0) is 15.5 Å². The molecule has 0 spiro atoms. The van der Waals surface area contributed by atoms with Crippen LogP contribution in [0.2, 0.25) is 0 Å². The number of para-hydroxylation sites is 1. The van der Waals surface area contributed by atoms with E-state index < -0.39 is 27.3 Å². The van der Waals surface area contributed by atoms with Gasteiger partial charge in [-0.3, -0.25) is 13.5 Å². The van der Waals surface area contributed by atoms with Gasteiger partial charge in [0.25, 0.3) is 5.91 Å². The van der Waals surface area contributed by atoms with Crippen molar-refractivity contribution in [1.82, 2.24) is 15.3 Å². The van der Waals surface area contributed by atoms with E-state index in [4.69, 9.17) is 9.10 Å². The van der Waals surface area contributed by atoms with E-state index in [-0.39, 0.29) is 17.5 Å². The zero-order valence-corrected chi connectivity index (χ0v) is 20.1. The van der Waals surface area contributed by atoms with E-state index in [1.807, 2.05) is 6.08 Å². The normalized spacial score (nSPS) is 21.5. The van der Waals surface area contributed by atoms with E-state index in [0.717, 1.165) is 44.2 Å². The number of ether oxygens (including phenoxy) is 1. The summed E-state index contributed by atoms with van der Waals surface area (Å²) in [6.07, 6.45) is 7.28. The molecule has 182 valence electrons. The van der Waals surface area contributed by atoms with Crippen LogP contribution in [0.25, 0.3) is 0 Å². The molecule has 1 aromatic heterocycles. The first-order chi connectivity index (χ1) is 16.3. The van der Waals surface area contributed by atoms with Crippen LogP contribution in [0, 0.1) is 5.92 Å². The highest BCUT2D eigenvalue weighted by molar-refractivity contribution is 7.98. The number of alkyl halides is 2. The van der Waals surface area contributed by atoms with Crippen molar-refractivity contribution in [2.45, 2.75) is 44.6 Å². The van der Waals surface area contributed by atoms with Crippen LogP contribution in [-0.4, -0.2) is 41.3 Å². The zero-order valence-electron chi connectivity index (χ0n) is 19.3. The maximum absolute atomic E-state index is 13.9. The summed E-state index contributed by atoms with van der Waals surface area (Å²) in [6.45, 7) is 1.51. The molecule has 34 heavy (non-hydrogen) atoms. The number of nitrogens with one attached hydrogen (secondary N) is 1. The van der Waals surface area contributed by atoms with Crippen LogP contribution in [0.15, 0.2) is 56.7 Å². The number of nitrogens with zero attached hydrogens (tertiary/aromatic N) is 4. The van der Waals surface area contributed by atoms with Crippen LogP contribution >= 0.6 is 0 Å². The van der Waals surface area contributed by atoms with Crippen molar-refractivity contribution in [3.63, 3.8) is 0 Å². The number of amides is 1. The second-order valence-electron chi connectivity index (χ2n) is 8.54. The molecule has 2 aliphatic rings. The van der Waals surface area contributed by atoms with Gasteiger partial charge in [0.05, 0.1) is 6.04 Å². The largest absolute Gasteiger partial charge is 0.438 e. The van der Waals surface area contributed by atoms with Crippen molar-refractivity contribution in [1.29, 1.82) is 0 Å². The number of halogens is 2. The van der Waals surface area contributed by atoms with Crippen molar-refractivity contribution in [2.24, 2.45) is 14.6 Å². The van der Waals surface area contributed by atoms with Gasteiger partial charge in [-0.15, -0.1) is 0 Å². The zero-order chi connectivity index (χ0) is 24.2. The molecule has 4 rings (SSSR count). The molecule has 2 aromatic rings. The van der Waals surface area contributed by atoms with Crippen molar-refractivity contribution < 1.29 is 18.3 Å². The van der Waals surface area contributed by atoms with Gasteiger partial charge in [0.2, 0.25) is 11.7 Å². The summed E-state index contributed by atoms with van der Waals surface area (Å²) >= 11 is 0. The van der Waals surface area contributed by atoms with E-state index in [2.05, 4.69) is 25.1 Å². The third kappa shape index (κ3) is 5.97. The predicted molar refractivity (Wildman–Crippen MR) is 128 cm³/mol. The number of carbonyl (C=O) groups is 1. The Morgan fingerprint density at radius 1 is 1.29 bits per heavy atom. The van der Waals surface area contributed by atoms with Crippen molar-refractivity contribution in [3.05, 3.63) is 59.4 Å². The Balaban J connectivity index is 1.60. The minimum absolute atomic E-state index is 0.000459. The number of rotatable bonds is 8. The summed E-state index contributed by atoms with van der Waals surface area (Å²) in [7, 11) is 0.278. The minimum atomic E-state index is -3.27. The first-order valence-corrected chi connectivity index (χ1v) is 13.2. The molecule has 1 aliphatic heterocycles. The third-order valence-electron chi connectivity index (χ3n) is 5.76. The van der Waals surface area contributed by atoms with E-state index in [1.165, 1.54) is 0 Å². The molecule has 10 heteroatoms. The molecule has 7 nitrogen and oxygen atoms in total. The van der Waals surface area contributed by atoms with Gasteiger partial charge in [-0.1, -0.05) is 24.3 Å². The summed E-state index contributed by atoms with van der Waals surface area (Å²) in [5.41, 5.74) is 0.000459. The van der Waals surface area contributed by atoms with Gasteiger partial charge in [0.1, 0.15) is 11.3 Å². The molecule has 1 aliphatic carbocycles. The van der Waals surface area contributed by atoms with E-state index >= 15 is 0 Å². The lowest BCUT2D eigenvalue weighted by atomic mass is 10.1. The Kier molecular flexibility index (Phi) is 7.25. The molecule has 2 heterocycles. The monoisotopic (exact) mass is 489 g/mol.